The van der Waals surface area contributed by atoms with E-state index in [9.17, 15) is 19.4 Å². The van der Waals surface area contributed by atoms with Gasteiger partial charge in [0.05, 0.1) is 6.61 Å². The molecule has 88 valence electrons. The highest BCUT2D eigenvalue weighted by molar-refractivity contribution is 5.73. The Morgan fingerprint density at radius 3 is 2.53 bits per heavy atom. The van der Waals surface area contributed by atoms with Crippen LogP contribution in [-0.4, -0.2) is 58.5 Å². The molecule has 1 fully saturated rings. The second kappa shape index (κ2) is 4.84. The van der Waals surface area contributed by atoms with Gasteiger partial charge in [-0.05, 0) is 0 Å². The van der Waals surface area contributed by atoms with Gasteiger partial charge in [-0.2, -0.15) is 0 Å². The fraction of sp³-hybridized carbons (Fsp3) is 0.875. The van der Waals surface area contributed by atoms with Crippen molar-refractivity contribution in [1.82, 2.24) is 5.32 Å². The fourth-order valence-electron chi connectivity index (χ4n) is 1.46. The van der Waals surface area contributed by atoms with Crippen molar-refractivity contribution in [1.29, 1.82) is 0 Å². The number of alkyl halides is 1. The number of halogens is 1. The number of carbonyl (C=O) groups is 1. The van der Waals surface area contributed by atoms with E-state index >= 15 is 0 Å². The maximum absolute atomic E-state index is 13.3. The van der Waals surface area contributed by atoms with E-state index < -0.39 is 43.2 Å². The Morgan fingerprint density at radius 1 is 1.47 bits per heavy atom. The summed E-state index contributed by atoms with van der Waals surface area (Å²) in [5.74, 6) is -0.542. The van der Waals surface area contributed by atoms with Crippen LogP contribution in [0.4, 0.5) is 4.39 Å². The van der Waals surface area contributed by atoms with E-state index in [1.54, 1.807) is 0 Å². The van der Waals surface area contributed by atoms with E-state index in [4.69, 9.17) is 5.11 Å². The van der Waals surface area contributed by atoms with Crippen LogP contribution in [0.5, 0.6) is 0 Å². The first kappa shape index (κ1) is 12.3. The molecule has 0 bridgehead atoms. The maximum Gasteiger partial charge on any atom is 0.222 e. The van der Waals surface area contributed by atoms with Crippen LogP contribution < -0.4 is 5.32 Å². The third-order valence-electron chi connectivity index (χ3n) is 2.24. The summed E-state index contributed by atoms with van der Waals surface area (Å²) in [6.45, 7) is 0.551. The average Bonchev–Trinajstić information content (AvgIpc) is 2.18. The Bertz CT molecular complexity index is 239. The highest BCUT2D eigenvalue weighted by Crippen LogP contribution is 2.21. The number of hydrogen-bond donors (Lipinski definition) is 4. The van der Waals surface area contributed by atoms with Gasteiger partial charge in [0.15, 0.2) is 0 Å². The van der Waals surface area contributed by atoms with Gasteiger partial charge in [0.25, 0.3) is 0 Å². The minimum absolute atomic E-state index is 0.542. The van der Waals surface area contributed by atoms with Crippen LogP contribution in [0.3, 0.4) is 0 Å². The highest BCUT2D eigenvalue weighted by atomic mass is 19.1. The molecule has 0 aliphatic carbocycles. The quantitative estimate of drug-likeness (QED) is 0.430. The van der Waals surface area contributed by atoms with Crippen molar-refractivity contribution in [2.75, 3.05) is 6.61 Å². The lowest BCUT2D eigenvalue weighted by atomic mass is 9.97. The molecule has 1 unspecified atom stereocenters. The number of aliphatic hydroxyl groups excluding tert-OH is 3. The Balaban J connectivity index is 2.70. The topological polar surface area (TPSA) is 99.0 Å². The SMILES string of the molecule is CC(=O)N[C@H]1C(F)O[C@H](CO)[C@H](O)[C@@H]1O. The van der Waals surface area contributed by atoms with E-state index in [1.165, 1.54) is 0 Å². The predicted octanol–water partition coefficient (Wildman–Crippen LogP) is -2.10. The van der Waals surface area contributed by atoms with Crippen molar-refractivity contribution in [3.8, 4) is 0 Å². The fourth-order valence-corrected chi connectivity index (χ4v) is 1.46. The number of rotatable bonds is 2. The number of carbonyl (C=O) groups excluding carboxylic acids is 1. The van der Waals surface area contributed by atoms with Crippen molar-refractivity contribution < 1.29 is 29.2 Å². The molecule has 6 nitrogen and oxygen atoms in total. The van der Waals surface area contributed by atoms with Crippen LogP contribution in [0, 0.1) is 0 Å². The standard InChI is InChI=1S/C8H14FNO5/c1-3(12)10-5-7(14)6(13)4(2-11)15-8(5)9/h4-8,11,13-14H,2H2,1H3,(H,10,12)/t4-,5-,6+,7-,8?/m1/s1. The zero-order valence-corrected chi connectivity index (χ0v) is 8.13. The first-order chi connectivity index (χ1) is 6.97. The summed E-state index contributed by atoms with van der Waals surface area (Å²) in [5.41, 5.74) is 0. The zero-order valence-electron chi connectivity index (χ0n) is 8.13. The van der Waals surface area contributed by atoms with Gasteiger partial charge in [0.2, 0.25) is 12.3 Å². The Morgan fingerprint density at radius 2 is 2.07 bits per heavy atom. The van der Waals surface area contributed by atoms with E-state index in [0.29, 0.717) is 0 Å². The third-order valence-corrected chi connectivity index (χ3v) is 2.24. The first-order valence-electron chi connectivity index (χ1n) is 4.51. The van der Waals surface area contributed by atoms with Crippen LogP contribution in [0.1, 0.15) is 6.92 Å². The van der Waals surface area contributed by atoms with Crippen LogP contribution in [0.2, 0.25) is 0 Å². The lowest BCUT2D eigenvalue weighted by Crippen LogP contribution is -2.62. The minimum atomic E-state index is -1.95. The maximum atomic E-state index is 13.3. The van der Waals surface area contributed by atoms with Crippen LogP contribution in [-0.2, 0) is 9.53 Å². The molecule has 0 spiro atoms. The van der Waals surface area contributed by atoms with Crippen molar-refractivity contribution in [2.45, 2.75) is 37.6 Å². The summed E-state index contributed by atoms with van der Waals surface area (Å²) >= 11 is 0. The number of amides is 1. The van der Waals surface area contributed by atoms with E-state index in [-0.39, 0.29) is 0 Å². The average molecular weight is 223 g/mol. The summed E-state index contributed by atoms with van der Waals surface area (Å²) in [6, 6.07) is -1.32. The van der Waals surface area contributed by atoms with E-state index in [1.807, 2.05) is 0 Å². The molecule has 1 rings (SSSR count). The molecule has 15 heavy (non-hydrogen) atoms. The second-order valence-electron chi connectivity index (χ2n) is 3.42. The Kier molecular flexibility index (Phi) is 3.97. The second-order valence-corrected chi connectivity index (χ2v) is 3.42. The lowest BCUT2D eigenvalue weighted by Gasteiger charge is -2.39. The van der Waals surface area contributed by atoms with Gasteiger partial charge in [-0.3, -0.25) is 4.79 Å². The molecule has 1 aliphatic rings. The smallest absolute Gasteiger partial charge is 0.222 e. The Hall–Kier alpha value is -0.760. The van der Waals surface area contributed by atoms with Crippen molar-refractivity contribution in [3.63, 3.8) is 0 Å². The number of ether oxygens (including phenoxy) is 1. The summed E-state index contributed by atoms with van der Waals surface area (Å²) < 4.78 is 17.8. The molecule has 1 heterocycles. The Labute approximate surface area is 85.7 Å². The molecule has 1 saturated heterocycles. The van der Waals surface area contributed by atoms with E-state index in [0.717, 1.165) is 6.92 Å². The van der Waals surface area contributed by atoms with Crippen LogP contribution >= 0.6 is 0 Å². The van der Waals surface area contributed by atoms with Gasteiger partial charge in [-0.25, -0.2) is 4.39 Å². The molecule has 7 heteroatoms. The molecule has 0 aromatic carbocycles. The number of nitrogens with one attached hydrogen (secondary N) is 1. The summed E-state index contributed by atoms with van der Waals surface area (Å²) in [6.07, 6.45) is -6.07. The van der Waals surface area contributed by atoms with Crippen LogP contribution in [0.15, 0.2) is 0 Å². The van der Waals surface area contributed by atoms with Crippen molar-refractivity contribution in [3.05, 3.63) is 0 Å². The van der Waals surface area contributed by atoms with Gasteiger partial charge in [0, 0.05) is 6.92 Å². The van der Waals surface area contributed by atoms with E-state index in [2.05, 4.69) is 10.1 Å². The summed E-state index contributed by atoms with van der Waals surface area (Å²) in [7, 11) is 0. The van der Waals surface area contributed by atoms with Gasteiger partial charge in [-0.15, -0.1) is 0 Å². The molecule has 0 aromatic rings. The highest BCUT2D eigenvalue weighted by Gasteiger charge is 2.44. The molecule has 0 saturated carbocycles. The van der Waals surface area contributed by atoms with Crippen molar-refractivity contribution in [2.24, 2.45) is 0 Å². The predicted molar refractivity (Wildman–Crippen MR) is 46.5 cm³/mol. The number of hydrogen-bond acceptors (Lipinski definition) is 5. The van der Waals surface area contributed by atoms with Gasteiger partial charge < -0.3 is 25.4 Å². The van der Waals surface area contributed by atoms with Crippen LogP contribution in [0.25, 0.3) is 0 Å². The molecule has 4 N–H and O–H groups in total. The van der Waals surface area contributed by atoms with Crippen molar-refractivity contribution >= 4 is 5.91 Å². The normalized spacial score (nSPS) is 41.3. The molecular formula is C8H14FNO5. The molecule has 0 aromatic heterocycles. The molecular weight excluding hydrogens is 209 g/mol. The molecule has 0 radical (unpaired) electrons. The summed E-state index contributed by atoms with van der Waals surface area (Å²) in [4.78, 5) is 10.7. The zero-order chi connectivity index (χ0) is 11.6. The molecule has 1 aliphatic heterocycles. The summed E-state index contributed by atoms with van der Waals surface area (Å²) in [5, 5.41) is 29.7. The minimum Gasteiger partial charge on any atom is -0.394 e. The first-order valence-corrected chi connectivity index (χ1v) is 4.51. The third kappa shape index (κ3) is 2.63. The molecule has 5 atom stereocenters. The molecule has 1 amide bonds. The largest absolute Gasteiger partial charge is 0.394 e. The number of aliphatic hydroxyl groups is 3. The lowest BCUT2D eigenvalue weighted by molar-refractivity contribution is -0.228. The monoisotopic (exact) mass is 223 g/mol. The van der Waals surface area contributed by atoms with Gasteiger partial charge in [-0.1, -0.05) is 0 Å². The van der Waals surface area contributed by atoms with Gasteiger partial charge in [0.1, 0.15) is 24.4 Å². The van der Waals surface area contributed by atoms with Gasteiger partial charge >= 0.3 is 0 Å².